The molecule has 0 saturated heterocycles. The van der Waals surface area contributed by atoms with E-state index in [1.165, 1.54) is 12.1 Å². The molecule has 0 aromatic heterocycles. The number of nitrogens with one attached hydrogen (secondary N) is 1. The van der Waals surface area contributed by atoms with Gasteiger partial charge in [0.1, 0.15) is 5.82 Å². The van der Waals surface area contributed by atoms with Crippen LogP contribution in [0.4, 0.5) is 4.39 Å². The van der Waals surface area contributed by atoms with E-state index >= 15 is 0 Å². The smallest absolute Gasteiger partial charge is 0.207 e. The number of benzene rings is 2. The maximum atomic E-state index is 12.9. The Morgan fingerprint density at radius 1 is 1.05 bits per heavy atom. The normalized spacial score (nSPS) is 13.1. The number of rotatable bonds is 4. The summed E-state index contributed by atoms with van der Waals surface area (Å²) < 4.78 is 40.4. The molecule has 0 amide bonds. The second-order valence-corrected chi connectivity index (χ2v) is 6.85. The maximum absolute atomic E-state index is 12.9. The molecule has 2 aromatic rings. The van der Waals surface area contributed by atoms with Gasteiger partial charge >= 0.3 is 0 Å². The van der Waals surface area contributed by atoms with Gasteiger partial charge in [-0.1, -0.05) is 29.8 Å². The highest BCUT2D eigenvalue weighted by atomic mass is 32.2. The van der Waals surface area contributed by atoms with Crippen molar-refractivity contribution in [2.24, 2.45) is 0 Å². The van der Waals surface area contributed by atoms with Crippen LogP contribution in [0.2, 0.25) is 0 Å². The Kier molecular flexibility index (Phi) is 4.44. The molecule has 0 bridgehead atoms. The van der Waals surface area contributed by atoms with Gasteiger partial charge in [0.2, 0.25) is 10.0 Å². The van der Waals surface area contributed by atoms with Crippen molar-refractivity contribution in [3.8, 4) is 0 Å². The molecule has 2 aromatic carbocycles. The molecule has 1 unspecified atom stereocenters. The first-order valence-corrected chi connectivity index (χ1v) is 8.13. The zero-order chi connectivity index (χ0) is 15.6. The Morgan fingerprint density at radius 3 is 2.24 bits per heavy atom. The minimum atomic E-state index is -3.61. The monoisotopic (exact) mass is 307 g/mol. The van der Waals surface area contributed by atoms with Gasteiger partial charge in [-0.3, -0.25) is 0 Å². The second kappa shape index (κ2) is 5.95. The summed E-state index contributed by atoms with van der Waals surface area (Å²) in [6.07, 6.45) is 0. The van der Waals surface area contributed by atoms with Crippen molar-refractivity contribution in [3.63, 3.8) is 0 Å². The van der Waals surface area contributed by atoms with E-state index in [1.807, 2.05) is 13.0 Å². The van der Waals surface area contributed by atoms with E-state index < -0.39 is 16.1 Å². The molecule has 1 atom stereocenters. The van der Waals surface area contributed by atoms with Crippen molar-refractivity contribution < 1.29 is 12.8 Å². The van der Waals surface area contributed by atoms with Crippen LogP contribution in [0.15, 0.2) is 47.4 Å². The van der Waals surface area contributed by atoms with E-state index in [9.17, 15) is 12.8 Å². The van der Waals surface area contributed by atoms with E-state index in [0.717, 1.165) is 5.56 Å². The number of sulfonamides is 1. The largest absolute Gasteiger partial charge is 0.241 e. The van der Waals surface area contributed by atoms with Crippen LogP contribution in [0.3, 0.4) is 0 Å². The fourth-order valence-electron chi connectivity index (χ4n) is 2.22. The number of aryl methyl sites for hydroxylation is 2. The lowest BCUT2D eigenvalue weighted by atomic mass is 10.1. The van der Waals surface area contributed by atoms with Gasteiger partial charge in [-0.2, -0.15) is 0 Å². The number of hydrogen-bond acceptors (Lipinski definition) is 2. The maximum Gasteiger partial charge on any atom is 0.241 e. The summed E-state index contributed by atoms with van der Waals surface area (Å²) in [7, 11) is -3.61. The van der Waals surface area contributed by atoms with E-state index in [-0.39, 0.29) is 10.7 Å². The van der Waals surface area contributed by atoms with Gasteiger partial charge in [0, 0.05) is 6.04 Å². The third-order valence-corrected chi connectivity index (χ3v) is 5.02. The zero-order valence-electron chi connectivity index (χ0n) is 12.2. The standard InChI is InChI=1S/C16H18FNO2S/c1-11-4-9-16(12(2)10-11)21(19,20)18-13(3)14-5-7-15(17)8-6-14/h4-10,13,18H,1-3H3. The molecule has 0 spiro atoms. The first kappa shape index (κ1) is 15.7. The highest BCUT2D eigenvalue weighted by molar-refractivity contribution is 7.89. The topological polar surface area (TPSA) is 46.2 Å². The second-order valence-electron chi connectivity index (χ2n) is 5.16. The molecule has 0 heterocycles. The van der Waals surface area contributed by atoms with Crippen LogP contribution in [-0.2, 0) is 10.0 Å². The van der Waals surface area contributed by atoms with Crippen molar-refractivity contribution in [3.05, 3.63) is 65.0 Å². The Labute approximate surface area is 124 Å². The molecule has 0 aliphatic rings. The first-order valence-electron chi connectivity index (χ1n) is 6.64. The summed E-state index contributed by atoms with van der Waals surface area (Å²) in [6.45, 7) is 5.41. The first-order chi connectivity index (χ1) is 9.79. The minimum absolute atomic E-state index is 0.266. The summed E-state index contributed by atoms with van der Waals surface area (Å²) in [5.74, 6) is -0.344. The average molecular weight is 307 g/mol. The quantitative estimate of drug-likeness (QED) is 0.940. The van der Waals surface area contributed by atoms with Gasteiger partial charge < -0.3 is 0 Å². The SMILES string of the molecule is Cc1ccc(S(=O)(=O)NC(C)c2ccc(F)cc2)c(C)c1. The van der Waals surface area contributed by atoms with E-state index in [1.54, 1.807) is 38.1 Å². The highest BCUT2D eigenvalue weighted by Crippen LogP contribution is 2.20. The van der Waals surface area contributed by atoms with Gasteiger partial charge in [-0.05, 0) is 50.1 Å². The lowest BCUT2D eigenvalue weighted by molar-refractivity contribution is 0.566. The molecule has 0 saturated carbocycles. The van der Waals surface area contributed by atoms with Gasteiger partial charge in [0.25, 0.3) is 0 Å². The molecule has 21 heavy (non-hydrogen) atoms. The van der Waals surface area contributed by atoms with Crippen LogP contribution in [0.5, 0.6) is 0 Å². The Balaban J connectivity index is 2.26. The fourth-order valence-corrected chi connectivity index (χ4v) is 3.68. The molecular weight excluding hydrogens is 289 g/mol. The summed E-state index contributed by atoms with van der Waals surface area (Å²) in [5, 5.41) is 0. The van der Waals surface area contributed by atoms with E-state index in [0.29, 0.717) is 11.1 Å². The summed E-state index contributed by atoms with van der Waals surface area (Å²) in [6, 6.07) is 10.5. The van der Waals surface area contributed by atoms with Crippen LogP contribution in [0.25, 0.3) is 0 Å². The van der Waals surface area contributed by atoms with E-state index in [2.05, 4.69) is 4.72 Å². The molecule has 0 radical (unpaired) electrons. The van der Waals surface area contributed by atoms with Gasteiger partial charge in [0.15, 0.2) is 0 Å². The lowest BCUT2D eigenvalue weighted by Gasteiger charge is -2.16. The van der Waals surface area contributed by atoms with Gasteiger partial charge in [-0.15, -0.1) is 0 Å². The Morgan fingerprint density at radius 2 is 1.67 bits per heavy atom. The van der Waals surface area contributed by atoms with Crippen LogP contribution in [0, 0.1) is 19.7 Å². The molecule has 0 aliphatic carbocycles. The van der Waals surface area contributed by atoms with Crippen molar-refractivity contribution in [1.29, 1.82) is 0 Å². The highest BCUT2D eigenvalue weighted by Gasteiger charge is 2.20. The third kappa shape index (κ3) is 3.68. The minimum Gasteiger partial charge on any atom is -0.207 e. The van der Waals surface area contributed by atoms with Crippen LogP contribution in [-0.4, -0.2) is 8.42 Å². The Hall–Kier alpha value is -1.72. The fraction of sp³-hybridized carbons (Fsp3) is 0.250. The van der Waals surface area contributed by atoms with Crippen LogP contribution >= 0.6 is 0 Å². The molecule has 112 valence electrons. The number of hydrogen-bond donors (Lipinski definition) is 1. The molecule has 5 heteroatoms. The molecule has 1 N–H and O–H groups in total. The number of halogens is 1. The molecule has 2 rings (SSSR count). The third-order valence-electron chi connectivity index (χ3n) is 3.32. The van der Waals surface area contributed by atoms with Crippen molar-refractivity contribution in [2.75, 3.05) is 0 Å². The lowest BCUT2D eigenvalue weighted by Crippen LogP contribution is -2.27. The molecule has 3 nitrogen and oxygen atoms in total. The predicted octanol–water partition coefficient (Wildman–Crippen LogP) is 3.48. The molecular formula is C16H18FNO2S. The zero-order valence-corrected chi connectivity index (χ0v) is 13.0. The molecule has 0 fully saturated rings. The Bertz CT molecular complexity index is 739. The summed E-state index contributed by atoms with van der Waals surface area (Å²) >= 11 is 0. The van der Waals surface area contributed by atoms with E-state index in [4.69, 9.17) is 0 Å². The van der Waals surface area contributed by atoms with Crippen LogP contribution < -0.4 is 4.72 Å². The summed E-state index contributed by atoms with van der Waals surface area (Å²) in [4.78, 5) is 0.266. The van der Waals surface area contributed by atoms with Crippen molar-refractivity contribution in [2.45, 2.75) is 31.7 Å². The average Bonchev–Trinajstić information content (AvgIpc) is 2.38. The molecule has 0 aliphatic heterocycles. The van der Waals surface area contributed by atoms with Crippen molar-refractivity contribution in [1.82, 2.24) is 4.72 Å². The van der Waals surface area contributed by atoms with Gasteiger partial charge in [-0.25, -0.2) is 17.5 Å². The van der Waals surface area contributed by atoms with Crippen LogP contribution in [0.1, 0.15) is 29.7 Å². The van der Waals surface area contributed by atoms with Crippen molar-refractivity contribution >= 4 is 10.0 Å². The predicted molar refractivity (Wildman–Crippen MR) is 81.1 cm³/mol. The summed E-state index contributed by atoms with van der Waals surface area (Å²) in [5.41, 5.74) is 2.43. The van der Waals surface area contributed by atoms with Gasteiger partial charge in [0.05, 0.1) is 4.90 Å².